The van der Waals surface area contributed by atoms with Gasteiger partial charge in [0.15, 0.2) is 0 Å². The topological polar surface area (TPSA) is 418 Å². The molecule has 8 bridgehead atoms. The first-order valence-corrected chi connectivity index (χ1v) is 30.2. The molecule has 0 spiro atoms. The predicted octanol–water partition coefficient (Wildman–Crippen LogP) is 1.38. The Balaban J connectivity index is 1.03. The molecule has 24 heteroatoms. The van der Waals surface area contributed by atoms with Crippen molar-refractivity contribution in [2.75, 3.05) is 26.4 Å². The normalized spacial score (nSPS) is 32.3. The molecule has 20 atom stereocenters. The number of benzene rings is 4. The molecule has 4 saturated heterocycles. The van der Waals surface area contributed by atoms with Crippen LogP contribution in [0.3, 0.4) is 0 Å². The SMILES string of the molecule is OC[C@H]1OC(c2ccc(-c3c4nc(c(-c5ccc(C6O[C@H](CO)[C@@H](O)[C@H](O)[C@H]6O)cc5)c5ccc([nH]5)c(-c5ccc(C6O[C@H](CO)[C@@H](O)[C@H](O)[C@H]6O)cc5)c5nc(c(-c6ccc(C7O[C@H](CO)[C@@H](O)[C@H](O)[C@H]7O)cc6)c6ccc3[nH]6)C=C5)C=C4)cc2)[C@H](O)[C@@H](O)[C@@H]1O. The Morgan fingerprint density at radius 2 is 0.457 bits per heavy atom. The summed E-state index contributed by atoms with van der Waals surface area (Å²) in [5.74, 6) is 0. The second kappa shape index (κ2) is 25.9. The molecular weight excluding hydrogens is 1190 g/mol. The largest absolute Gasteiger partial charge is 0.394 e. The van der Waals surface area contributed by atoms with Gasteiger partial charge < -0.3 is 111 Å². The zero-order valence-electron chi connectivity index (χ0n) is 48.9. The van der Waals surface area contributed by atoms with Crippen LogP contribution in [-0.4, -0.2) is 226 Å². The highest BCUT2D eigenvalue weighted by atomic mass is 16.6. The van der Waals surface area contributed by atoms with E-state index in [-0.39, 0.29) is 0 Å². The molecule has 6 aliphatic rings. The van der Waals surface area contributed by atoms with Crippen molar-refractivity contribution in [3.8, 4) is 44.5 Å². The van der Waals surface area contributed by atoms with Crippen LogP contribution in [-0.2, 0) is 18.9 Å². The molecule has 0 amide bonds. The molecule has 6 aliphatic heterocycles. The number of aliphatic hydroxyl groups is 16. The first-order valence-electron chi connectivity index (χ1n) is 30.2. The second-order valence-electron chi connectivity index (χ2n) is 24.0. The third kappa shape index (κ3) is 11.3. The molecule has 0 saturated carbocycles. The second-order valence-corrected chi connectivity index (χ2v) is 24.0. The fourth-order valence-corrected chi connectivity index (χ4v) is 13.3. The van der Waals surface area contributed by atoms with E-state index in [9.17, 15) is 81.7 Å². The predicted molar refractivity (Wildman–Crippen MR) is 331 cm³/mol. The van der Waals surface area contributed by atoms with Gasteiger partial charge in [-0.1, -0.05) is 97.1 Å². The lowest BCUT2D eigenvalue weighted by Crippen LogP contribution is -2.55. The fraction of sp³-hybridized carbons (Fsp3) is 0.353. The summed E-state index contributed by atoms with van der Waals surface area (Å²) < 4.78 is 23.7. The molecule has 24 nitrogen and oxygen atoms in total. The average Bonchev–Trinajstić information content (AvgIpc) is 1.55. The van der Waals surface area contributed by atoms with Crippen LogP contribution >= 0.6 is 0 Å². The van der Waals surface area contributed by atoms with E-state index in [1.54, 1.807) is 97.1 Å². The molecule has 0 radical (unpaired) electrons. The number of nitrogens with zero attached hydrogens (tertiary/aromatic N) is 2. The zero-order valence-corrected chi connectivity index (χ0v) is 48.9. The number of hydrogen-bond donors (Lipinski definition) is 18. The van der Waals surface area contributed by atoms with Gasteiger partial charge in [0, 0.05) is 44.3 Å². The Morgan fingerprint density at radius 3 is 0.641 bits per heavy atom. The van der Waals surface area contributed by atoms with E-state index in [0.717, 1.165) is 0 Å². The molecular formula is C68H70N4O20. The molecule has 4 unspecified atom stereocenters. The monoisotopic (exact) mass is 1260 g/mol. The maximum absolute atomic E-state index is 11.1. The highest BCUT2D eigenvalue weighted by Gasteiger charge is 2.47. The number of ether oxygens (including phenoxy) is 4. The van der Waals surface area contributed by atoms with Gasteiger partial charge in [-0.25, -0.2) is 9.97 Å². The van der Waals surface area contributed by atoms with Gasteiger partial charge in [0.2, 0.25) is 0 Å². The van der Waals surface area contributed by atoms with E-state index in [0.29, 0.717) is 112 Å². The molecule has 92 heavy (non-hydrogen) atoms. The number of rotatable bonds is 12. The number of aliphatic hydroxyl groups excluding tert-OH is 16. The van der Waals surface area contributed by atoms with E-state index in [4.69, 9.17) is 28.9 Å². The summed E-state index contributed by atoms with van der Waals surface area (Å²) in [6.07, 6.45) is -20.6. The van der Waals surface area contributed by atoms with Crippen molar-refractivity contribution >= 4 is 46.4 Å². The Hall–Kier alpha value is -7.32. The van der Waals surface area contributed by atoms with Crippen molar-refractivity contribution in [2.45, 2.75) is 122 Å². The molecule has 4 fully saturated rings. The first-order chi connectivity index (χ1) is 44.4. The van der Waals surface area contributed by atoms with E-state index in [1.165, 1.54) is 0 Å². The minimum Gasteiger partial charge on any atom is -0.394 e. The molecule has 7 aromatic rings. The fourth-order valence-electron chi connectivity index (χ4n) is 13.3. The molecule has 0 aliphatic carbocycles. The highest BCUT2D eigenvalue weighted by Crippen LogP contribution is 2.43. The number of aromatic amines is 2. The molecule has 13 rings (SSSR count). The summed E-state index contributed by atoms with van der Waals surface area (Å²) in [6.45, 7) is -2.46. The van der Waals surface area contributed by atoms with E-state index in [2.05, 4.69) is 9.97 Å². The van der Waals surface area contributed by atoms with Crippen LogP contribution in [0.5, 0.6) is 0 Å². The summed E-state index contributed by atoms with van der Waals surface area (Å²) in [6, 6.07) is 35.5. The van der Waals surface area contributed by atoms with Gasteiger partial charge in [0.1, 0.15) is 122 Å². The van der Waals surface area contributed by atoms with E-state index >= 15 is 0 Å². The van der Waals surface area contributed by atoms with Crippen LogP contribution in [0.2, 0.25) is 0 Å². The minimum absolute atomic E-state index is 0.440. The number of fused-ring (bicyclic) bond motifs is 8. The lowest BCUT2D eigenvalue weighted by molar-refractivity contribution is -0.231. The third-order valence-electron chi connectivity index (χ3n) is 18.4. The minimum atomic E-state index is -1.62. The van der Waals surface area contributed by atoms with Crippen LogP contribution < -0.4 is 0 Å². The highest BCUT2D eigenvalue weighted by molar-refractivity contribution is 6.00. The van der Waals surface area contributed by atoms with Crippen LogP contribution in [0.15, 0.2) is 121 Å². The third-order valence-corrected chi connectivity index (χ3v) is 18.4. The number of aromatic nitrogens is 4. The molecule has 4 aromatic carbocycles. The van der Waals surface area contributed by atoms with Gasteiger partial charge >= 0.3 is 0 Å². The summed E-state index contributed by atoms with van der Waals surface area (Å²) in [5, 5.41) is 170. The number of hydrogen-bond acceptors (Lipinski definition) is 22. The van der Waals surface area contributed by atoms with Gasteiger partial charge in [-0.2, -0.15) is 0 Å². The smallest absolute Gasteiger partial charge is 0.113 e. The Labute approximate surface area is 524 Å². The maximum Gasteiger partial charge on any atom is 0.113 e. The molecule has 9 heterocycles. The molecule has 18 N–H and O–H groups in total. The lowest BCUT2D eigenvalue weighted by atomic mass is 9.90. The Bertz CT molecular complexity index is 3530. The van der Waals surface area contributed by atoms with Crippen molar-refractivity contribution in [2.24, 2.45) is 0 Å². The maximum atomic E-state index is 11.1. The number of nitrogens with one attached hydrogen (secondary N) is 2. The Kier molecular flexibility index (Phi) is 17.8. The summed E-state index contributed by atoms with van der Waals surface area (Å²) in [5.41, 5.74) is 10.8. The van der Waals surface area contributed by atoms with E-state index < -0.39 is 149 Å². The van der Waals surface area contributed by atoms with Crippen molar-refractivity contribution in [3.05, 3.63) is 166 Å². The van der Waals surface area contributed by atoms with Crippen molar-refractivity contribution in [3.63, 3.8) is 0 Å². The van der Waals surface area contributed by atoms with Crippen LogP contribution in [0.4, 0.5) is 0 Å². The molecule has 482 valence electrons. The summed E-state index contributed by atoms with van der Waals surface area (Å²) in [7, 11) is 0. The van der Waals surface area contributed by atoms with Gasteiger partial charge in [0.05, 0.1) is 49.2 Å². The number of H-pyrrole nitrogens is 2. The summed E-state index contributed by atoms with van der Waals surface area (Å²) >= 11 is 0. The van der Waals surface area contributed by atoms with Crippen LogP contribution in [0, 0.1) is 0 Å². The van der Waals surface area contributed by atoms with Gasteiger partial charge in [-0.3, -0.25) is 0 Å². The van der Waals surface area contributed by atoms with Crippen molar-refractivity contribution in [1.82, 2.24) is 19.9 Å². The average molecular weight is 1260 g/mol. The van der Waals surface area contributed by atoms with Gasteiger partial charge in [-0.05, 0) is 93.1 Å². The van der Waals surface area contributed by atoms with Crippen molar-refractivity contribution < 1.29 is 101 Å². The zero-order chi connectivity index (χ0) is 64.5. The van der Waals surface area contributed by atoms with Gasteiger partial charge in [0.25, 0.3) is 0 Å². The quantitative estimate of drug-likeness (QED) is 0.0821. The van der Waals surface area contributed by atoms with Crippen molar-refractivity contribution in [1.29, 1.82) is 0 Å². The molecule has 3 aromatic heterocycles. The van der Waals surface area contributed by atoms with Gasteiger partial charge in [-0.15, -0.1) is 0 Å². The lowest BCUT2D eigenvalue weighted by Gasteiger charge is -2.40. The van der Waals surface area contributed by atoms with Crippen LogP contribution in [0.1, 0.15) is 69.4 Å². The Morgan fingerprint density at radius 1 is 0.261 bits per heavy atom. The summed E-state index contributed by atoms with van der Waals surface area (Å²) in [4.78, 5) is 18.1. The first kappa shape index (κ1) is 63.4. The van der Waals surface area contributed by atoms with Crippen LogP contribution in [0.25, 0.3) is 90.9 Å². The van der Waals surface area contributed by atoms with E-state index in [1.807, 2.05) is 48.6 Å². The standard InChI is InChI=1S/C68H70N4O20/c73-25-45-53(77)57(81)61(85)65(89-45)33-9-1-29(2-10-33)49-37-17-19-39(69-37)50(30-3-11-34(12-4-30)66-62(86)58(82)54(78)46(26-74)90-66)41-21-23-43(71-41)52(32-7-15-36(16-8-32)68-64(88)60(84)56(80)48(28-76)92-68)44-24-22-42(72-44)51(40-20-18-38(49)70-40)31-5-13-35(14-6-31)67-63(87)59(83)55(79)47(27-75)91-67/h1-24,45-48,53-69,72-88H,25-28H2/t45-,46-,47-,48-,53-,54-,55-,56-,57+,58+,59+,60+,61-,62-,63-,64-,65?,66?,67?,68?/m1/s1.